The van der Waals surface area contributed by atoms with Crippen molar-refractivity contribution >= 4 is 11.6 Å². The standard InChI is InChI=1S/C20H21N3O/c21-13-16-7-9-18(10-8-16)22-14-19(24)23-15-20(11-4-12-20)17-5-2-1-3-6-17/h1-3,5-10,22H,4,11-12,14-15H2,(H,23,24). The number of amides is 1. The second kappa shape index (κ2) is 7.18. The van der Waals surface area contributed by atoms with Crippen LogP contribution in [0.25, 0.3) is 0 Å². The molecule has 3 rings (SSSR count). The molecule has 1 fully saturated rings. The molecular formula is C20H21N3O. The van der Waals surface area contributed by atoms with E-state index in [1.165, 1.54) is 12.0 Å². The molecular weight excluding hydrogens is 298 g/mol. The molecule has 1 amide bonds. The molecule has 0 heterocycles. The highest BCUT2D eigenvalue weighted by Crippen LogP contribution is 2.43. The second-order valence-corrected chi connectivity index (χ2v) is 6.32. The molecule has 0 unspecified atom stereocenters. The number of carbonyl (C=O) groups is 1. The molecule has 4 nitrogen and oxygen atoms in total. The third kappa shape index (κ3) is 3.57. The molecule has 24 heavy (non-hydrogen) atoms. The highest BCUT2D eigenvalue weighted by atomic mass is 16.1. The van der Waals surface area contributed by atoms with E-state index < -0.39 is 0 Å². The van der Waals surface area contributed by atoms with Gasteiger partial charge in [0.25, 0.3) is 0 Å². The number of nitriles is 1. The highest BCUT2D eigenvalue weighted by Gasteiger charge is 2.38. The maximum absolute atomic E-state index is 12.1. The molecule has 2 N–H and O–H groups in total. The number of nitrogens with zero attached hydrogens (tertiary/aromatic N) is 1. The smallest absolute Gasteiger partial charge is 0.239 e. The predicted octanol–water partition coefficient (Wildman–Crippen LogP) is 3.21. The Hall–Kier alpha value is -2.80. The Kier molecular flexibility index (Phi) is 4.81. The molecule has 2 aromatic rings. The predicted molar refractivity (Wildman–Crippen MR) is 94.6 cm³/mol. The van der Waals surface area contributed by atoms with Crippen LogP contribution in [-0.4, -0.2) is 19.0 Å². The van der Waals surface area contributed by atoms with E-state index in [0.29, 0.717) is 12.1 Å². The van der Waals surface area contributed by atoms with Gasteiger partial charge in [0.05, 0.1) is 18.2 Å². The lowest BCUT2D eigenvalue weighted by Gasteiger charge is -2.42. The summed E-state index contributed by atoms with van der Waals surface area (Å²) in [4.78, 5) is 12.1. The number of rotatable bonds is 6. The Bertz CT molecular complexity index is 728. The summed E-state index contributed by atoms with van der Waals surface area (Å²) in [7, 11) is 0. The molecule has 1 aliphatic rings. The van der Waals surface area contributed by atoms with Crippen molar-refractivity contribution in [1.82, 2.24) is 5.32 Å². The molecule has 122 valence electrons. The van der Waals surface area contributed by atoms with Crippen LogP contribution >= 0.6 is 0 Å². The van der Waals surface area contributed by atoms with E-state index >= 15 is 0 Å². The zero-order valence-electron chi connectivity index (χ0n) is 13.6. The van der Waals surface area contributed by atoms with Gasteiger partial charge in [-0.3, -0.25) is 4.79 Å². The van der Waals surface area contributed by atoms with Gasteiger partial charge in [0.15, 0.2) is 0 Å². The summed E-state index contributed by atoms with van der Waals surface area (Å²) in [5.74, 6) is -0.0124. The van der Waals surface area contributed by atoms with E-state index in [9.17, 15) is 4.79 Å². The first-order valence-electron chi connectivity index (χ1n) is 8.28. The van der Waals surface area contributed by atoms with Crippen LogP contribution in [0.3, 0.4) is 0 Å². The van der Waals surface area contributed by atoms with Crippen molar-refractivity contribution in [2.75, 3.05) is 18.4 Å². The highest BCUT2D eigenvalue weighted by molar-refractivity contribution is 5.80. The number of nitrogens with one attached hydrogen (secondary N) is 2. The van der Waals surface area contributed by atoms with E-state index in [1.807, 2.05) is 18.2 Å². The second-order valence-electron chi connectivity index (χ2n) is 6.32. The van der Waals surface area contributed by atoms with Crippen molar-refractivity contribution in [2.45, 2.75) is 24.7 Å². The van der Waals surface area contributed by atoms with Gasteiger partial charge in [0.1, 0.15) is 0 Å². The first-order chi connectivity index (χ1) is 11.7. The van der Waals surface area contributed by atoms with Crippen LogP contribution in [-0.2, 0) is 10.2 Å². The molecule has 0 radical (unpaired) electrons. The summed E-state index contributed by atoms with van der Waals surface area (Å²) in [6, 6.07) is 19.6. The van der Waals surface area contributed by atoms with Crippen molar-refractivity contribution in [3.63, 3.8) is 0 Å². The fourth-order valence-electron chi connectivity index (χ4n) is 3.14. The van der Waals surface area contributed by atoms with Gasteiger partial charge in [-0.15, -0.1) is 0 Å². The third-order valence-corrected chi connectivity index (χ3v) is 4.79. The summed E-state index contributed by atoms with van der Waals surface area (Å²) in [6.45, 7) is 0.918. The van der Waals surface area contributed by atoms with Crippen molar-refractivity contribution in [3.05, 3.63) is 65.7 Å². The van der Waals surface area contributed by atoms with Crippen LogP contribution < -0.4 is 10.6 Å². The largest absolute Gasteiger partial charge is 0.376 e. The van der Waals surface area contributed by atoms with Crippen LogP contribution in [0.2, 0.25) is 0 Å². The Morgan fingerprint density at radius 2 is 1.79 bits per heavy atom. The van der Waals surface area contributed by atoms with Crippen LogP contribution in [0.1, 0.15) is 30.4 Å². The quantitative estimate of drug-likeness (QED) is 0.859. The normalized spacial score (nSPS) is 15.0. The fraction of sp³-hybridized carbons (Fsp3) is 0.300. The minimum atomic E-state index is -0.0124. The maximum atomic E-state index is 12.1. The molecule has 0 aliphatic heterocycles. The van der Waals surface area contributed by atoms with Crippen molar-refractivity contribution in [2.24, 2.45) is 0 Å². The summed E-state index contributed by atoms with van der Waals surface area (Å²) in [5, 5.41) is 14.9. The van der Waals surface area contributed by atoms with E-state index in [0.717, 1.165) is 18.5 Å². The topological polar surface area (TPSA) is 64.9 Å². The van der Waals surface area contributed by atoms with E-state index in [-0.39, 0.29) is 17.9 Å². The molecule has 0 aromatic heterocycles. The van der Waals surface area contributed by atoms with Gasteiger partial charge in [0, 0.05) is 17.6 Å². The number of anilines is 1. The van der Waals surface area contributed by atoms with Crippen molar-refractivity contribution in [3.8, 4) is 6.07 Å². The molecule has 1 saturated carbocycles. The van der Waals surface area contributed by atoms with Crippen LogP contribution in [0.5, 0.6) is 0 Å². The molecule has 0 spiro atoms. The zero-order chi connectivity index (χ0) is 16.8. The van der Waals surface area contributed by atoms with Gasteiger partial charge in [-0.2, -0.15) is 5.26 Å². The molecule has 4 heteroatoms. The Morgan fingerprint density at radius 3 is 2.38 bits per heavy atom. The van der Waals surface area contributed by atoms with Crippen LogP contribution in [0.15, 0.2) is 54.6 Å². The number of hydrogen-bond acceptors (Lipinski definition) is 3. The first-order valence-corrected chi connectivity index (χ1v) is 8.28. The lowest BCUT2D eigenvalue weighted by Crippen LogP contribution is -2.46. The van der Waals surface area contributed by atoms with Crippen molar-refractivity contribution in [1.29, 1.82) is 5.26 Å². The Labute approximate surface area is 142 Å². The monoisotopic (exact) mass is 319 g/mol. The lowest BCUT2D eigenvalue weighted by atomic mass is 9.64. The average Bonchev–Trinajstić information content (AvgIpc) is 2.60. The fourth-order valence-corrected chi connectivity index (χ4v) is 3.14. The number of benzene rings is 2. The van der Waals surface area contributed by atoms with E-state index in [2.05, 4.69) is 41.0 Å². The van der Waals surface area contributed by atoms with Gasteiger partial charge in [-0.1, -0.05) is 36.8 Å². The minimum absolute atomic E-state index is 0.0124. The van der Waals surface area contributed by atoms with Crippen molar-refractivity contribution < 1.29 is 4.79 Å². The maximum Gasteiger partial charge on any atom is 0.239 e. The number of carbonyl (C=O) groups excluding carboxylic acids is 1. The van der Waals surface area contributed by atoms with Gasteiger partial charge in [-0.05, 0) is 42.7 Å². The SMILES string of the molecule is N#Cc1ccc(NCC(=O)NCC2(c3ccccc3)CCC2)cc1. The van der Waals surface area contributed by atoms with E-state index in [1.54, 1.807) is 12.1 Å². The Balaban J connectivity index is 1.51. The molecule has 0 atom stereocenters. The Morgan fingerprint density at radius 1 is 1.08 bits per heavy atom. The molecule has 0 saturated heterocycles. The average molecular weight is 319 g/mol. The van der Waals surface area contributed by atoms with Crippen LogP contribution in [0, 0.1) is 11.3 Å². The molecule has 2 aromatic carbocycles. The number of hydrogen-bond donors (Lipinski definition) is 2. The van der Waals surface area contributed by atoms with Gasteiger partial charge >= 0.3 is 0 Å². The van der Waals surface area contributed by atoms with Gasteiger partial charge < -0.3 is 10.6 Å². The molecule has 1 aliphatic carbocycles. The van der Waals surface area contributed by atoms with Crippen LogP contribution in [0.4, 0.5) is 5.69 Å². The van der Waals surface area contributed by atoms with E-state index in [4.69, 9.17) is 5.26 Å². The minimum Gasteiger partial charge on any atom is -0.376 e. The van der Waals surface area contributed by atoms with Gasteiger partial charge in [0.2, 0.25) is 5.91 Å². The summed E-state index contributed by atoms with van der Waals surface area (Å²) in [6.07, 6.45) is 3.47. The summed E-state index contributed by atoms with van der Waals surface area (Å²) in [5.41, 5.74) is 2.87. The third-order valence-electron chi connectivity index (χ3n) is 4.79. The zero-order valence-corrected chi connectivity index (χ0v) is 13.6. The first kappa shape index (κ1) is 16.1. The molecule has 0 bridgehead atoms. The summed E-state index contributed by atoms with van der Waals surface area (Å²) < 4.78 is 0. The summed E-state index contributed by atoms with van der Waals surface area (Å²) >= 11 is 0. The lowest BCUT2D eigenvalue weighted by molar-refractivity contribution is -0.119. The van der Waals surface area contributed by atoms with Gasteiger partial charge in [-0.25, -0.2) is 0 Å².